The van der Waals surface area contributed by atoms with Gasteiger partial charge in [-0.1, -0.05) is 12.1 Å². The first-order valence-corrected chi connectivity index (χ1v) is 4.52. The van der Waals surface area contributed by atoms with E-state index in [1.54, 1.807) is 0 Å². The lowest BCUT2D eigenvalue weighted by atomic mass is 10.0. The summed E-state index contributed by atoms with van der Waals surface area (Å²) >= 11 is 0. The molecule has 0 fully saturated rings. The second-order valence-electron chi connectivity index (χ2n) is 3.13. The number of benzene rings is 1. The van der Waals surface area contributed by atoms with E-state index in [4.69, 9.17) is 20.4 Å². The third-order valence-corrected chi connectivity index (χ3v) is 2.33. The summed E-state index contributed by atoms with van der Waals surface area (Å²) in [5.41, 5.74) is 5.64. The van der Waals surface area contributed by atoms with Crippen LogP contribution in [-0.4, -0.2) is 12.2 Å². The smallest absolute Gasteiger partial charge is 0.0159 e. The number of rotatable bonds is 0. The average Bonchev–Trinajstić information content (AvgIpc) is 2.23. The first-order valence-electron chi connectivity index (χ1n) is 4.52. The lowest BCUT2D eigenvalue weighted by molar-refractivity contribution is 0.568. The van der Waals surface area contributed by atoms with Gasteiger partial charge >= 0.3 is 0 Å². The molecule has 0 unspecified atom stereocenters. The fourth-order valence-electron chi connectivity index (χ4n) is 1.09. The second kappa shape index (κ2) is 9.53. The van der Waals surface area contributed by atoms with Gasteiger partial charge in [0, 0.05) is 0 Å². The Morgan fingerprint density at radius 3 is 1.19 bits per heavy atom. The Morgan fingerprint density at radius 1 is 0.812 bits per heavy atom. The van der Waals surface area contributed by atoms with Crippen LogP contribution in [0.1, 0.15) is 22.3 Å². The summed E-state index contributed by atoms with van der Waals surface area (Å²) in [5, 5.41) is 13.5. The minimum atomic E-state index is 0.500. The zero-order valence-corrected chi connectivity index (χ0v) is 9.87. The quantitative estimate of drug-likeness (QED) is 0.495. The summed E-state index contributed by atoms with van der Waals surface area (Å²) < 4.78 is 0. The van der Waals surface area contributed by atoms with Crippen molar-refractivity contribution in [1.29, 1.82) is 0 Å². The lowest BCUT2D eigenvalue weighted by Gasteiger charge is -2.06. The summed E-state index contributed by atoms with van der Waals surface area (Å²) in [5.74, 6) is 0. The number of carbonyl (C=O) groups excluding carboxylic acids is 2. The molecule has 1 rings (SSSR count). The Morgan fingerprint density at radius 2 is 1.00 bits per heavy atom. The summed E-state index contributed by atoms with van der Waals surface area (Å²) in [6, 6.07) is 4.36. The molecule has 0 aliphatic heterocycles. The van der Waals surface area contributed by atoms with E-state index in [1.165, 1.54) is 22.3 Å². The molecule has 0 saturated heterocycles. The van der Waals surface area contributed by atoms with E-state index < -0.39 is 0 Å². The molecule has 0 aromatic heterocycles. The van der Waals surface area contributed by atoms with Crippen LogP contribution in [0.2, 0.25) is 0 Å². The molecule has 86 valence electrons. The van der Waals surface area contributed by atoms with Crippen LogP contribution in [0.4, 0.5) is 0 Å². The van der Waals surface area contributed by atoms with Gasteiger partial charge in [0.1, 0.15) is 0 Å². The Labute approximate surface area is 95.3 Å². The van der Waals surface area contributed by atoms with Crippen LogP contribution in [-0.2, 0) is 9.59 Å². The van der Waals surface area contributed by atoms with Gasteiger partial charge in [0.05, 0.1) is 0 Å². The standard InChI is InChI=1S/C10H14.2CNO/c1-7-5-6-8(2)10(4)9(7)3;2*2-1-3/h5-6H,1-4H3;;/q;2*-1. The maximum atomic E-state index is 8.24. The molecule has 0 amide bonds. The minimum absolute atomic E-state index is 0.500. The zero-order chi connectivity index (χ0) is 13.1. The molecular weight excluding hydrogens is 204 g/mol. The van der Waals surface area contributed by atoms with Crippen molar-refractivity contribution in [3.05, 3.63) is 45.2 Å². The SMILES string of the molecule is Cc1ccc(C)c(C)c1C.[N-]=C=O.[N-]=C=O. The van der Waals surface area contributed by atoms with Crippen LogP contribution in [0.25, 0.3) is 10.8 Å². The Kier molecular flexibility index (Phi) is 9.78. The van der Waals surface area contributed by atoms with Crippen molar-refractivity contribution in [3.63, 3.8) is 0 Å². The monoisotopic (exact) mass is 218 g/mol. The normalized spacial score (nSPS) is 7.25. The van der Waals surface area contributed by atoms with Crippen molar-refractivity contribution in [2.45, 2.75) is 27.7 Å². The summed E-state index contributed by atoms with van der Waals surface area (Å²) in [7, 11) is 0. The summed E-state index contributed by atoms with van der Waals surface area (Å²) in [6.45, 7) is 8.67. The highest BCUT2D eigenvalue weighted by Crippen LogP contribution is 2.15. The third-order valence-electron chi connectivity index (χ3n) is 2.33. The maximum absolute atomic E-state index is 8.24. The van der Waals surface area contributed by atoms with E-state index in [2.05, 4.69) is 39.8 Å². The summed E-state index contributed by atoms with van der Waals surface area (Å²) in [4.78, 5) is 16.5. The number of hydrogen-bond donors (Lipinski definition) is 0. The maximum Gasteiger partial charge on any atom is -0.0159 e. The summed E-state index contributed by atoms with van der Waals surface area (Å²) in [6.07, 6.45) is 1.00. The third kappa shape index (κ3) is 6.44. The van der Waals surface area contributed by atoms with Crippen molar-refractivity contribution >= 4 is 12.2 Å². The van der Waals surface area contributed by atoms with Gasteiger partial charge < -0.3 is 10.8 Å². The molecule has 0 aliphatic rings. The van der Waals surface area contributed by atoms with Gasteiger partial charge in [0.15, 0.2) is 0 Å². The molecule has 16 heavy (non-hydrogen) atoms. The van der Waals surface area contributed by atoms with Crippen molar-refractivity contribution < 1.29 is 9.59 Å². The zero-order valence-electron chi connectivity index (χ0n) is 9.87. The average molecular weight is 218 g/mol. The molecule has 0 bridgehead atoms. The molecule has 0 heterocycles. The minimum Gasteiger partial charge on any atom is -0.724 e. The van der Waals surface area contributed by atoms with Crippen LogP contribution in [0, 0.1) is 27.7 Å². The van der Waals surface area contributed by atoms with Crippen LogP contribution in [0.3, 0.4) is 0 Å². The van der Waals surface area contributed by atoms with Crippen LogP contribution in [0.15, 0.2) is 12.1 Å². The molecule has 1 aromatic carbocycles. The van der Waals surface area contributed by atoms with Crippen molar-refractivity contribution in [2.75, 3.05) is 0 Å². The molecule has 4 heteroatoms. The highest BCUT2D eigenvalue weighted by Gasteiger charge is 1.97. The number of nitrogens with zero attached hydrogens (tertiary/aromatic N) is 2. The van der Waals surface area contributed by atoms with Crippen molar-refractivity contribution in [2.24, 2.45) is 0 Å². The van der Waals surface area contributed by atoms with E-state index in [0.29, 0.717) is 12.2 Å². The molecule has 0 saturated carbocycles. The van der Waals surface area contributed by atoms with Crippen LogP contribution < -0.4 is 0 Å². The highest BCUT2D eigenvalue weighted by atomic mass is 16.1. The van der Waals surface area contributed by atoms with Gasteiger partial charge in [-0.15, -0.1) is 0 Å². The van der Waals surface area contributed by atoms with E-state index in [-0.39, 0.29) is 0 Å². The lowest BCUT2D eigenvalue weighted by Crippen LogP contribution is -1.88. The molecular formula is C12H14N2O2-2. The molecule has 4 nitrogen and oxygen atoms in total. The molecule has 0 spiro atoms. The molecule has 0 atom stereocenters. The van der Waals surface area contributed by atoms with Crippen molar-refractivity contribution in [1.82, 2.24) is 0 Å². The number of isocyanates is 2. The van der Waals surface area contributed by atoms with Gasteiger partial charge in [-0.3, -0.25) is 9.59 Å². The largest absolute Gasteiger partial charge is 0.724 e. The molecule has 1 aromatic rings. The van der Waals surface area contributed by atoms with Gasteiger partial charge in [-0.2, -0.15) is 0 Å². The van der Waals surface area contributed by atoms with Gasteiger partial charge in [-0.05, 0) is 62.1 Å². The number of aryl methyl sites for hydroxylation is 2. The second-order valence-corrected chi connectivity index (χ2v) is 3.13. The van der Waals surface area contributed by atoms with Gasteiger partial charge in [0.25, 0.3) is 0 Å². The Balaban J connectivity index is 0. The van der Waals surface area contributed by atoms with E-state index in [1.807, 2.05) is 0 Å². The predicted molar refractivity (Wildman–Crippen MR) is 63.5 cm³/mol. The molecule has 0 N–H and O–H groups in total. The first-order chi connectivity index (χ1) is 7.45. The molecule has 0 aliphatic carbocycles. The topological polar surface area (TPSA) is 78.7 Å². The fourth-order valence-corrected chi connectivity index (χ4v) is 1.09. The fraction of sp³-hybridized carbons (Fsp3) is 0.333. The van der Waals surface area contributed by atoms with E-state index in [9.17, 15) is 0 Å². The van der Waals surface area contributed by atoms with Crippen LogP contribution >= 0.6 is 0 Å². The van der Waals surface area contributed by atoms with Gasteiger partial charge in [-0.25, -0.2) is 0 Å². The van der Waals surface area contributed by atoms with Crippen molar-refractivity contribution in [3.8, 4) is 0 Å². The Hall–Kier alpha value is -2.02. The predicted octanol–water partition coefficient (Wildman–Crippen LogP) is 2.70. The highest BCUT2D eigenvalue weighted by molar-refractivity contribution is 5.37. The molecule has 0 radical (unpaired) electrons. The first kappa shape index (κ1) is 16.4. The van der Waals surface area contributed by atoms with Crippen LogP contribution in [0.5, 0.6) is 0 Å². The van der Waals surface area contributed by atoms with Gasteiger partial charge in [0.2, 0.25) is 0 Å². The van der Waals surface area contributed by atoms with E-state index in [0.717, 1.165) is 0 Å². The Bertz CT molecular complexity index is 361. The van der Waals surface area contributed by atoms with E-state index >= 15 is 0 Å². The number of hydrogen-bond acceptors (Lipinski definition) is 2.